The van der Waals surface area contributed by atoms with Gasteiger partial charge in [0.1, 0.15) is 12.1 Å². The molecular formula is C24H26N6O3S2. The van der Waals surface area contributed by atoms with Crippen molar-refractivity contribution in [1.29, 1.82) is 0 Å². The average molecular weight is 511 g/mol. The number of primary amides is 1. The number of thiocarbonyl (C=S) groups is 1. The number of hydrogen-bond acceptors (Lipinski definition) is 5. The van der Waals surface area contributed by atoms with E-state index >= 15 is 0 Å². The van der Waals surface area contributed by atoms with Gasteiger partial charge in [0, 0.05) is 25.1 Å². The monoisotopic (exact) mass is 510 g/mol. The van der Waals surface area contributed by atoms with Gasteiger partial charge in [0.15, 0.2) is 9.88 Å². The van der Waals surface area contributed by atoms with Gasteiger partial charge in [0.25, 0.3) is 11.8 Å². The van der Waals surface area contributed by atoms with Gasteiger partial charge in [0.05, 0.1) is 11.0 Å². The van der Waals surface area contributed by atoms with E-state index in [4.69, 9.17) is 30.2 Å². The summed E-state index contributed by atoms with van der Waals surface area (Å²) in [7, 11) is 0. The maximum atomic E-state index is 12.9. The highest BCUT2D eigenvalue weighted by Gasteiger charge is 2.31. The number of carbonyl (C=O) groups is 3. The van der Waals surface area contributed by atoms with Crippen molar-refractivity contribution in [2.75, 3.05) is 6.54 Å². The smallest absolute Gasteiger partial charge is 0.252 e. The van der Waals surface area contributed by atoms with Crippen molar-refractivity contribution in [3.8, 4) is 0 Å². The number of H-pyrrole nitrogens is 1. The van der Waals surface area contributed by atoms with Crippen molar-refractivity contribution < 1.29 is 14.4 Å². The van der Waals surface area contributed by atoms with Crippen molar-refractivity contribution in [2.24, 2.45) is 5.73 Å². The molecule has 2 heterocycles. The highest BCUT2D eigenvalue weighted by molar-refractivity contribution is 7.80. The Hall–Kier alpha value is -3.57. The summed E-state index contributed by atoms with van der Waals surface area (Å²) in [4.78, 5) is 41.7. The van der Waals surface area contributed by atoms with Gasteiger partial charge in [0.2, 0.25) is 5.91 Å². The van der Waals surface area contributed by atoms with Crippen molar-refractivity contribution in [2.45, 2.75) is 38.4 Å². The molecule has 1 saturated heterocycles. The molecule has 0 spiro atoms. The van der Waals surface area contributed by atoms with Crippen LogP contribution in [0.25, 0.3) is 11.0 Å². The van der Waals surface area contributed by atoms with Gasteiger partial charge < -0.3 is 25.9 Å². The number of nitrogens with zero attached hydrogens (tertiary/aromatic N) is 2. The number of carbonyl (C=O) groups excluding carboxylic acids is 3. The minimum Gasteiger partial charge on any atom is -0.368 e. The highest BCUT2D eigenvalue weighted by atomic mass is 32.1. The van der Waals surface area contributed by atoms with E-state index < -0.39 is 17.9 Å². The summed E-state index contributed by atoms with van der Waals surface area (Å²) >= 11 is 10.7. The molecule has 4 rings (SSSR count). The van der Waals surface area contributed by atoms with E-state index in [1.54, 1.807) is 24.0 Å². The molecule has 9 nitrogen and oxygen atoms in total. The molecule has 0 saturated carbocycles. The minimum absolute atomic E-state index is 0.0327. The fraction of sp³-hybridized carbons (Fsp3) is 0.292. The molecule has 182 valence electrons. The Kier molecular flexibility index (Phi) is 7.27. The first-order chi connectivity index (χ1) is 16.7. The van der Waals surface area contributed by atoms with Gasteiger partial charge in [-0.1, -0.05) is 30.3 Å². The van der Waals surface area contributed by atoms with E-state index in [0.29, 0.717) is 46.9 Å². The molecule has 1 fully saturated rings. The molecule has 5 N–H and O–H groups in total. The zero-order chi connectivity index (χ0) is 25.1. The quantitative estimate of drug-likeness (QED) is 0.327. The number of benzene rings is 2. The Bertz CT molecular complexity index is 1350. The third-order valence-corrected chi connectivity index (χ3v) is 6.61. The van der Waals surface area contributed by atoms with Crippen LogP contribution in [0.15, 0.2) is 48.5 Å². The summed E-state index contributed by atoms with van der Waals surface area (Å²) in [6.45, 7) is 2.84. The van der Waals surface area contributed by atoms with Gasteiger partial charge in [-0.05, 0) is 61.5 Å². The van der Waals surface area contributed by atoms with Crippen LogP contribution >= 0.6 is 24.4 Å². The van der Waals surface area contributed by atoms with Crippen LogP contribution in [0, 0.1) is 4.77 Å². The normalized spacial score (nSPS) is 16.4. The predicted octanol–water partition coefficient (Wildman–Crippen LogP) is 2.02. The van der Waals surface area contributed by atoms with Gasteiger partial charge in [-0.25, -0.2) is 0 Å². The predicted molar refractivity (Wildman–Crippen MR) is 139 cm³/mol. The molecule has 0 radical (unpaired) electrons. The minimum atomic E-state index is -0.833. The van der Waals surface area contributed by atoms with Crippen molar-refractivity contribution in [3.05, 3.63) is 64.4 Å². The van der Waals surface area contributed by atoms with E-state index in [2.05, 4.69) is 15.6 Å². The molecule has 2 atom stereocenters. The van der Waals surface area contributed by atoms with Crippen molar-refractivity contribution >= 4 is 58.3 Å². The Morgan fingerprint density at radius 1 is 1.14 bits per heavy atom. The second kappa shape index (κ2) is 10.4. The summed E-state index contributed by atoms with van der Waals surface area (Å²) < 4.78 is 2.44. The molecule has 3 amide bonds. The maximum absolute atomic E-state index is 12.9. The van der Waals surface area contributed by atoms with Gasteiger partial charge in [-0.3, -0.25) is 19.3 Å². The van der Waals surface area contributed by atoms with Crippen LogP contribution in [0.5, 0.6) is 0 Å². The average Bonchev–Trinajstić information content (AvgIpc) is 3.27. The Morgan fingerprint density at radius 3 is 2.54 bits per heavy atom. The first kappa shape index (κ1) is 24.6. The summed E-state index contributed by atoms with van der Waals surface area (Å²) in [5, 5.41) is 6.13. The molecule has 1 aliphatic rings. The SMILES string of the molecule is CC1NC(=S)N(CCCn2c(=S)[nH]c3cc(C(=O)N[C@@H](Cc4ccccc4)C(N)=O)ccc32)C1=O. The lowest BCUT2D eigenvalue weighted by Crippen LogP contribution is -2.45. The van der Waals surface area contributed by atoms with Gasteiger partial charge in [-0.15, -0.1) is 0 Å². The zero-order valence-electron chi connectivity index (χ0n) is 19.1. The fourth-order valence-corrected chi connectivity index (χ4v) is 4.76. The van der Waals surface area contributed by atoms with E-state index in [-0.39, 0.29) is 11.9 Å². The molecule has 0 bridgehead atoms. The molecule has 3 aromatic rings. The summed E-state index contributed by atoms with van der Waals surface area (Å²) in [5.41, 5.74) is 8.34. The third-order valence-electron chi connectivity index (χ3n) is 5.95. The van der Waals surface area contributed by atoms with Crippen LogP contribution in [-0.2, 0) is 22.6 Å². The summed E-state index contributed by atoms with van der Waals surface area (Å²) in [5.74, 6) is -1.04. The highest BCUT2D eigenvalue weighted by Crippen LogP contribution is 2.18. The lowest BCUT2D eigenvalue weighted by Gasteiger charge is -2.16. The molecular weight excluding hydrogens is 484 g/mol. The standard InChI is InChI=1S/C24H26N6O3S2/c1-14-22(33)30(23(34)26-14)11-5-10-29-19-9-8-16(13-17(19)28-24(29)35)21(32)27-18(20(25)31)12-15-6-3-2-4-7-15/h2-4,6-9,13-14,18H,5,10-12H2,1H3,(H2,25,31)(H,26,34)(H,27,32)(H,28,35)/t14?,18-/m0/s1. The van der Waals surface area contributed by atoms with Crippen LogP contribution in [-0.4, -0.2) is 55.9 Å². The molecule has 1 aromatic heterocycles. The van der Waals surface area contributed by atoms with Crippen molar-refractivity contribution in [1.82, 2.24) is 25.1 Å². The molecule has 2 aromatic carbocycles. The van der Waals surface area contributed by atoms with Crippen LogP contribution in [0.3, 0.4) is 0 Å². The number of imidazole rings is 1. The third kappa shape index (κ3) is 5.41. The van der Waals surface area contributed by atoms with Crippen LogP contribution in [0.4, 0.5) is 0 Å². The van der Waals surface area contributed by atoms with E-state index in [0.717, 1.165) is 11.1 Å². The number of aromatic amines is 1. The molecule has 35 heavy (non-hydrogen) atoms. The molecule has 1 aliphatic heterocycles. The van der Waals surface area contributed by atoms with Crippen LogP contribution in [0.1, 0.15) is 29.3 Å². The lowest BCUT2D eigenvalue weighted by molar-refractivity contribution is -0.126. The number of nitrogens with one attached hydrogen (secondary N) is 3. The maximum Gasteiger partial charge on any atom is 0.252 e. The van der Waals surface area contributed by atoms with Crippen LogP contribution < -0.4 is 16.4 Å². The fourth-order valence-electron chi connectivity index (χ4n) is 4.10. The topological polar surface area (TPSA) is 125 Å². The number of nitrogens with two attached hydrogens (primary N) is 1. The van der Waals surface area contributed by atoms with Crippen molar-refractivity contribution in [3.63, 3.8) is 0 Å². The van der Waals surface area contributed by atoms with Gasteiger partial charge in [-0.2, -0.15) is 0 Å². The number of aromatic nitrogens is 2. The van der Waals surface area contributed by atoms with E-state index in [9.17, 15) is 14.4 Å². The Morgan fingerprint density at radius 2 is 1.89 bits per heavy atom. The summed E-state index contributed by atoms with van der Waals surface area (Å²) in [6, 6.07) is 13.4. The molecule has 11 heteroatoms. The van der Waals surface area contributed by atoms with E-state index in [1.165, 1.54) is 0 Å². The number of amides is 3. The molecule has 1 unspecified atom stereocenters. The van der Waals surface area contributed by atoms with Gasteiger partial charge >= 0.3 is 0 Å². The zero-order valence-corrected chi connectivity index (χ0v) is 20.7. The largest absolute Gasteiger partial charge is 0.368 e. The first-order valence-corrected chi connectivity index (χ1v) is 12.0. The van der Waals surface area contributed by atoms with E-state index in [1.807, 2.05) is 41.0 Å². The van der Waals surface area contributed by atoms with Crippen LogP contribution in [0.2, 0.25) is 0 Å². The second-order valence-corrected chi connectivity index (χ2v) is 9.22. The number of fused-ring (bicyclic) bond motifs is 1. The molecule has 0 aliphatic carbocycles. The lowest BCUT2D eigenvalue weighted by atomic mass is 10.0. The number of aryl methyl sites for hydroxylation is 1. The first-order valence-electron chi connectivity index (χ1n) is 11.2. The Balaban J connectivity index is 1.44. The Labute approximate surface area is 212 Å². The second-order valence-electron chi connectivity index (χ2n) is 8.45. The number of rotatable bonds is 9. The summed E-state index contributed by atoms with van der Waals surface area (Å²) in [6.07, 6.45) is 0.962. The number of hydrogen-bond donors (Lipinski definition) is 4.